The number of carbonyl (C=O) groups is 3. The fourth-order valence-electron chi connectivity index (χ4n) is 3.62. The number of aliphatic carboxylic acids is 1. The molecule has 2 atom stereocenters. The van der Waals surface area contributed by atoms with Gasteiger partial charge in [0.15, 0.2) is 0 Å². The van der Waals surface area contributed by atoms with Crippen LogP contribution in [-0.4, -0.2) is 52.9 Å². The highest BCUT2D eigenvalue weighted by Gasteiger charge is 2.35. The monoisotopic (exact) mass is 470 g/mol. The Labute approximate surface area is 198 Å². The zero-order chi connectivity index (χ0) is 24.0. The van der Waals surface area contributed by atoms with Crippen molar-refractivity contribution in [3.8, 4) is 0 Å². The molecular weight excluding hydrogens is 440 g/mol. The second-order valence-electron chi connectivity index (χ2n) is 8.92. The highest BCUT2D eigenvalue weighted by atomic mass is 32.2. The van der Waals surface area contributed by atoms with E-state index >= 15 is 0 Å². The average molecular weight is 471 g/mol. The number of carboxylic acid groups (broad SMARTS) is 1. The summed E-state index contributed by atoms with van der Waals surface area (Å²) in [5.74, 6) is -1.51. The third-order valence-corrected chi connectivity index (χ3v) is 6.25. The van der Waals surface area contributed by atoms with Crippen LogP contribution in [0.15, 0.2) is 59.5 Å². The second kappa shape index (κ2) is 10.9. The first-order chi connectivity index (χ1) is 15.6. The molecule has 8 heteroatoms. The Morgan fingerprint density at radius 2 is 1.82 bits per heavy atom. The summed E-state index contributed by atoms with van der Waals surface area (Å²) in [5, 5.41) is 12.8. The zero-order valence-corrected chi connectivity index (χ0v) is 19.9. The third kappa shape index (κ3) is 7.07. The van der Waals surface area contributed by atoms with Gasteiger partial charge in [-0.3, -0.25) is 24.6 Å². The number of hydrogen-bond donors (Lipinski definition) is 2. The van der Waals surface area contributed by atoms with Crippen molar-refractivity contribution in [2.45, 2.75) is 56.2 Å². The van der Waals surface area contributed by atoms with E-state index in [1.807, 2.05) is 48.5 Å². The summed E-state index contributed by atoms with van der Waals surface area (Å²) in [6.07, 6.45) is 0.910. The van der Waals surface area contributed by atoms with E-state index in [0.717, 1.165) is 10.5 Å². The van der Waals surface area contributed by atoms with Crippen LogP contribution in [0.2, 0.25) is 0 Å². The molecule has 0 fully saturated rings. The molecule has 176 valence electrons. The normalized spacial score (nSPS) is 17.1. The van der Waals surface area contributed by atoms with E-state index in [-0.39, 0.29) is 12.5 Å². The number of esters is 1. The Morgan fingerprint density at radius 3 is 2.48 bits per heavy atom. The first-order valence-electron chi connectivity index (χ1n) is 10.9. The van der Waals surface area contributed by atoms with Crippen LogP contribution in [0.5, 0.6) is 0 Å². The quantitative estimate of drug-likeness (QED) is 0.570. The third-order valence-electron chi connectivity index (χ3n) is 5.10. The number of para-hydroxylation sites is 1. The molecule has 0 bridgehead atoms. The largest absolute Gasteiger partial charge is 0.480 e. The number of hydrogen-bond acceptors (Lipinski definition) is 6. The molecule has 7 nitrogen and oxygen atoms in total. The number of nitrogens with one attached hydrogen (secondary N) is 1. The van der Waals surface area contributed by atoms with Crippen molar-refractivity contribution in [3.05, 3.63) is 60.2 Å². The summed E-state index contributed by atoms with van der Waals surface area (Å²) in [6, 6.07) is 15.3. The lowest BCUT2D eigenvalue weighted by molar-refractivity contribution is -0.153. The topological polar surface area (TPSA) is 95.9 Å². The average Bonchev–Trinajstić information content (AvgIpc) is 2.88. The first-order valence-corrected chi connectivity index (χ1v) is 11.9. The van der Waals surface area contributed by atoms with Crippen LogP contribution < -0.4 is 10.2 Å². The van der Waals surface area contributed by atoms with E-state index in [4.69, 9.17) is 4.74 Å². The van der Waals surface area contributed by atoms with Crippen molar-refractivity contribution >= 4 is 35.3 Å². The molecule has 0 aromatic heterocycles. The molecule has 33 heavy (non-hydrogen) atoms. The van der Waals surface area contributed by atoms with Gasteiger partial charge in [0.05, 0.1) is 11.7 Å². The predicted molar refractivity (Wildman–Crippen MR) is 128 cm³/mol. The fourth-order valence-corrected chi connectivity index (χ4v) is 4.70. The van der Waals surface area contributed by atoms with Crippen LogP contribution in [0, 0.1) is 0 Å². The minimum absolute atomic E-state index is 0.242. The van der Waals surface area contributed by atoms with E-state index in [1.165, 1.54) is 16.7 Å². The molecular formula is C25H30N2O5S. The summed E-state index contributed by atoms with van der Waals surface area (Å²) in [4.78, 5) is 40.3. The number of fused-ring (bicyclic) bond motifs is 1. The van der Waals surface area contributed by atoms with E-state index in [0.29, 0.717) is 24.3 Å². The van der Waals surface area contributed by atoms with Gasteiger partial charge >= 0.3 is 11.9 Å². The SMILES string of the molecule is CC(C)(C)OC(=O)CN1C(=O)C(N[C@H](CCc2ccccc2)C(=O)O)CSc2ccccc21. The minimum Gasteiger partial charge on any atom is -0.480 e. The summed E-state index contributed by atoms with van der Waals surface area (Å²) >= 11 is 1.46. The van der Waals surface area contributed by atoms with Crippen molar-refractivity contribution in [3.63, 3.8) is 0 Å². The number of carbonyl (C=O) groups excluding carboxylic acids is 2. The van der Waals surface area contributed by atoms with Gasteiger partial charge in [-0.25, -0.2) is 0 Å². The highest BCUT2D eigenvalue weighted by molar-refractivity contribution is 7.99. The highest BCUT2D eigenvalue weighted by Crippen LogP contribution is 2.34. The van der Waals surface area contributed by atoms with Gasteiger partial charge in [-0.15, -0.1) is 11.8 Å². The molecule has 2 N–H and O–H groups in total. The number of ether oxygens (including phenoxy) is 1. The molecule has 2 aromatic carbocycles. The smallest absolute Gasteiger partial charge is 0.326 e. The van der Waals surface area contributed by atoms with Gasteiger partial charge in [0.1, 0.15) is 18.2 Å². The lowest BCUT2D eigenvalue weighted by Crippen LogP contribution is -2.54. The Morgan fingerprint density at radius 1 is 1.15 bits per heavy atom. The van der Waals surface area contributed by atoms with E-state index < -0.39 is 29.6 Å². The molecule has 1 amide bonds. The number of benzene rings is 2. The number of amides is 1. The van der Waals surface area contributed by atoms with E-state index in [2.05, 4.69) is 5.32 Å². The van der Waals surface area contributed by atoms with Crippen molar-refractivity contribution in [1.82, 2.24) is 5.32 Å². The summed E-state index contributed by atoms with van der Waals surface area (Å²) in [7, 11) is 0. The Hall–Kier alpha value is -2.84. The van der Waals surface area contributed by atoms with Crippen molar-refractivity contribution in [2.24, 2.45) is 0 Å². The number of rotatable bonds is 8. The van der Waals surface area contributed by atoms with E-state index in [9.17, 15) is 19.5 Å². The van der Waals surface area contributed by atoms with Crippen molar-refractivity contribution < 1.29 is 24.2 Å². The van der Waals surface area contributed by atoms with Gasteiger partial charge in [0.2, 0.25) is 5.91 Å². The molecule has 0 saturated heterocycles. The number of anilines is 1. The summed E-state index contributed by atoms with van der Waals surface area (Å²) in [6.45, 7) is 5.07. The molecule has 0 saturated carbocycles. The number of aryl methyl sites for hydroxylation is 1. The molecule has 1 aliphatic rings. The van der Waals surface area contributed by atoms with Gasteiger partial charge < -0.3 is 9.84 Å². The molecule has 2 aromatic rings. The number of nitrogens with zero attached hydrogens (tertiary/aromatic N) is 1. The number of carboxylic acids is 1. The van der Waals surface area contributed by atoms with Gasteiger partial charge in [-0.05, 0) is 51.3 Å². The lowest BCUT2D eigenvalue weighted by atomic mass is 10.0. The Bertz CT molecular complexity index is 990. The minimum atomic E-state index is -1.01. The van der Waals surface area contributed by atoms with Gasteiger partial charge in [-0.1, -0.05) is 42.5 Å². The van der Waals surface area contributed by atoms with Crippen LogP contribution in [0.4, 0.5) is 5.69 Å². The zero-order valence-electron chi connectivity index (χ0n) is 19.1. The standard InChI is InChI=1S/C25H30N2O5S/c1-25(2,3)32-22(28)15-27-20-11-7-8-12-21(20)33-16-19(23(27)29)26-18(24(30)31)14-13-17-9-5-4-6-10-17/h4-12,18-19,26H,13-16H2,1-3H3,(H,30,31)/t18-,19?/m1/s1. The van der Waals surface area contributed by atoms with Crippen LogP contribution in [-0.2, 0) is 25.5 Å². The summed E-state index contributed by atoms with van der Waals surface area (Å²) < 4.78 is 5.43. The maximum absolute atomic E-state index is 13.5. The van der Waals surface area contributed by atoms with E-state index in [1.54, 1.807) is 26.8 Å². The lowest BCUT2D eigenvalue weighted by Gasteiger charge is -2.28. The Balaban J connectivity index is 1.78. The maximum atomic E-state index is 13.5. The molecule has 3 rings (SSSR count). The van der Waals surface area contributed by atoms with Crippen molar-refractivity contribution in [2.75, 3.05) is 17.2 Å². The van der Waals surface area contributed by atoms with Crippen LogP contribution in [0.3, 0.4) is 0 Å². The molecule has 1 unspecified atom stereocenters. The maximum Gasteiger partial charge on any atom is 0.326 e. The molecule has 0 radical (unpaired) electrons. The summed E-state index contributed by atoms with van der Waals surface area (Å²) in [5.41, 5.74) is 0.980. The first kappa shape index (κ1) is 24.8. The molecule has 1 aliphatic heterocycles. The predicted octanol–water partition coefficient (Wildman–Crippen LogP) is 3.51. The molecule has 0 spiro atoms. The molecule has 0 aliphatic carbocycles. The van der Waals surface area contributed by atoms with Crippen LogP contribution >= 0.6 is 11.8 Å². The Kier molecular flexibility index (Phi) is 8.15. The molecule has 1 heterocycles. The number of thioether (sulfide) groups is 1. The van der Waals surface area contributed by atoms with Gasteiger partial charge in [0, 0.05) is 10.6 Å². The van der Waals surface area contributed by atoms with Crippen LogP contribution in [0.1, 0.15) is 32.8 Å². The second-order valence-corrected chi connectivity index (χ2v) is 9.99. The van der Waals surface area contributed by atoms with Gasteiger partial charge in [-0.2, -0.15) is 0 Å². The van der Waals surface area contributed by atoms with Crippen LogP contribution in [0.25, 0.3) is 0 Å². The van der Waals surface area contributed by atoms with Gasteiger partial charge in [0.25, 0.3) is 0 Å². The fraction of sp³-hybridized carbons (Fsp3) is 0.400. The van der Waals surface area contributed by atoms with Crippen molar-refractivity contribution in [1.29, 1.82) is 0 Å².